The van der Waals surface area contributed by atoms with Gasteiger partial charge in [0.1, 0.15) is 0 Å². The molecule has 1 saturated carbocycles. The van der Waals surface area contributed by atoms with Gasteiger partial charge >= 0.3 is 12.0 Å². The highest BCUT2D eigenvalue weighted by molar-refractivity contribution is 5.76. The molecule has 1 fully saturated rings. The normalized spacial score (nSPS) is 22.2. The van der Waals surface area contributed by atoms with Crippen LogP contribution in [0.5, 0.6) is 0 Å². The summed E-state index contributed by atoms with van der Waals surface area (Å²) in [5.74, 6) is -0.959. The lowest BCUT2D eigenvalue weighted by atomic mass is 9.81. The van der Waals surface area contributed by atoms with Crippen molar-refractivity contribution in [1.82, 2.24) is 10.2 Å². The number of rotatable bonds is 5. The first kappa shape index (κ1) is 17.3. The van der Waals surface area contributed by atoms with Crippen LogP contribution in [0.4, 0.5) is 4.79 Å². The molecule has 2 rings (SSSR count). The number of nitrogens with one attached hydrogen (secondary N) is 1. The molecule has 2 N–H and O–H groups in total. The van der Waals surface area contributed by atoms with Crippen LogP contribution >= 0.6 is 0 Å². The number of nitrogens with zero attached hydrogens (tertiary/aromatic N) is 1. The van der Waals surface area contributed by atoms with Crippen molar-refractivity contribution in [3.8, 4) is 0 Å². The number of benzene rings is 1. The van der Waals surface area contributed by atoms with Gasteiger partial charge in [-0.25, -0.2) is 4.79 Å². The standard InChI is InChI=1S/C18H26N2O3/c1-13(17(21)22)12-20(2)18(23)19-16-10-6-9-15(11-16)14-7-4-3-5-8-14/h3-5,7-8,13,15-16H,6,9-12H2,1-2H3,(H,19,23)(H,21,22). The highest BCUT2D eigenvalue weighted by Gasteiger charge is 2.26. The molecule has 1 aromatic rings. The van der Waals surface area contributed by atoms with E-state index in [0.717, 1.165) is 25.7 Å². The Labute approximate surface area is 137 Å². The first-order valence-corrected chi connectivity index (χ1v) is 8.26. The number of aliphatic carboxylic acids is 1. The third kappa shape index (κ3) is 4.98. The maximum absolute atomic E-state index is 12.2. The molecule has 0 spiro atoms. The minimum atomic E-state index is -0.883. The van der Waals surface area contributed by atoms with Crippen molar-refractivity contribution in [2.75, 3.05) is 13.6 Å². The van der Waals surface area contributed by atoms with E-state index in [1.54, 1.807) is 14.0 Å². The molecule has 2 amide bonds. The molecule has 0 aliphatic heterocycles. The molecule has 1 aliphatic rings. The van der Waals surface area contributed by atoms with Crippen LogP contribution in [0.15, 0.2) is 30.3 Å². The third-order valence-electron chi connectivity index (χ3n) is 4.59. The van der Waals surface area contributed by atoms with Crippen LogP contribution in [0.1, 0.15) is 44.1 Å². The summed E-state index contributed by atoms with van der Waals surface area (Å²) in [7, 11) is 1.65. The summed E-state index contributed by atoms with van der Waals surface area (Å²) in [6.45, 7) is 1.83. The Hall–Kier alpha value is -2.04. The summed E-state index contributed by atoms with van der Waals surface area (Å²) in [5.41, 5.74) is 1.33. The maximum atomic E-state index is 12.2. The lowest BCUT2D eigenvalue weighted by Gasteiger charge is -2.31. The molecule has 0 aromatic heterocycles. The largest absolute Gasteiger partial charge is 0.481 e. The van der Waals surface area contributed by atoms with Crippen molar-refractivity contribution in [2.24, 2.45) is 5.92 Å². The van der Waals surface area contributed by atoms with E-state index in [9.17, 15) is 9.59 Å². The number of hydrogen-bond acceptors (Lipinski definition) is 2. The van der Waals surface area contributed by atoms with Gasteiger partial charge < -0.3 is 15.3 Å². The van der Waals surface area contributed by atoms with Crippen LogP contribution in [0.25, 0.3) is 0 Å². The zero-order valence-corrected chi connectivity index (χ0v) is 13.9. The summed E-state index contributed by atoms with van der Waals surface area (Å²) >= 11 is 0. The molecule has 5 heteroatoms. The predicted molar refractivity (Wildman–Crippen MR) is 89.4 cm³/mol. The smallest absolute Gasteiger partial charge is 0.317 e. The van der Waals surface area contributed by atoms with Gasteiger partial charge in [0.25, 0.3) is 0 Å². The molecule has 1 aliphatic carbocycles. The summed E-state index contributed by atoms with van der Waals surface area (Å²) in [6.07, 6.45) is 4.18. The van der Waals surface area contributed by atoms with E-state index in [1.807, 2.05) is 6.07 Å². The summed E-state index contributed by atoms with van der Waals surface area (Å²) in [6, 6.07) is 10.4. The van der Waals surface area contributed by atoms with Crippen LogP contribution in [-0.2, 0) is 4.79 Å². The monoisotopic (exact) mass is 318 g/mol. The minimum Gasteiger partial charge on any atom is -0.481 e. The van der Waals surface area contributed by atoms with Crippen molar-refractivity contribution in [3.63, 3.8) is 0 Å². The third-order valence-corrected chi connectivity index (χ3v) is 4.59. The van der Waals surface area contributed by atoms with E-state index in [4.69, 9.17) is 5.11 Å². The van der Waals surface area contributed by atoms with Gasteiger partial charge in [-0.2, -0.15) is 0 Å². The Morgan fingerprint density at radius 2 is 2.00 bits per heavy atom. The number of urea groups is 1. The number of carboxylic acid groups (broad SMARTS) is 1. The molecule has 3 atom stereocenters. The van der Waals surface area contributed by atoms with Crippen LogP contribution in [-0.4, -0.2) is 41.6 Å². The van der Waals surface area contributed by atoms with Crippen molar-refractivity contribution >= 4 is 12.0 Å². The van der Waals surface area contributed by atoms with E-state index in [1.165, 1.54) is 10.5 Å². The molecule has 23 heavy (non-hydrogen) atoms. The number of carbonyl (C=O) groups is 2. The Kier molecular flexibility index (Phi) is 6.02. The van der Waals surface area contributed by atoms with Gasteiger partial charge in [-0.1, -0.05) is 43.7 Å². The van der Waals surface area contributed by atoms with Crippen molar-refractivity contribution in [1.29, 1.82) is 0 Å². The highest BCUT2D eigenvalue weighted by atomic mass is 16.4. The first-order chi connectivity index (χ1) is 11.0. The van der Waals surface area contributed by atoms with Crippen molar-refractivity contribution < 1.29 is 14.7 Å². The van der Waals surface area contributed by atoms with Crippen LogP contribution < -0.4 is 5.32 Å². The van der Waals surface area contributed by atoms with E-state index >= 15 is 0 Å². The van der Waals surface area contributed by atoms with E-state index in [-0.39, 0.29) is 18.6 Å². The fourth-order valence-electron chi connectivity index (χ4n) is 3.21. The van der Waals surface area contributed by atoms with Crippen LogP contribution in [0, 0.1) is 5.92 Å². The minimum absolute atomic E-state index is 0.157. The van der Waals surface area contributed by atoms with E-state index in [2.05, 4.69) is 29.6 Å². The highest BCUT2D eigenvalue weighted by Crippen LogP contribution is 2.32. The van der Waals surface area contributed by atoms with Crippen molar-refractivity contribution in [2.45, 2.75) is 44.6 Å². The Morgan fingerprint density at radius 3 is 2.65 bits per heavy atom. The van der Waals surface area contributed by atoms with Gasteiger partial charge in [0.2, 0.25) is 0 Å². The maximum Gasteiger partial charge on any atom is 0.317 e. The van der Waals surface area contributed by atoms with Gasteiger partial charge in [0, 0.05) is 19.6 Å². The van der Waals surface area contributed by atoms with E-state index in [0.29, 0.717) is 5.92 Å². The summed E-state index contributed by atoms with van der Waals surface area (Å²) < 4.78 is 0. The van der Waals surface area contributed by atoms with Crippen LogP contribution in [0.3, 0.4) is 0 Å². The summed E-state index contributed by atoms with van der Waals surface area (Å²) in [4.78, 5) is 24.6. The number of amides is 2. The Balaban J connectivity index is 1.87. The quantitative estimate of drug-likeness (QED) is 0.876. The van der Waals surface area contributed by atoms with Crippen molar-refractivity contribution in [3.05, 3.63) is 35.9 Å². The first-order valence-electron chi connectivity index (χ1n) is 8.26. The van der Waals surface area contributed by atoms with Gasteiger partial charge in [-0.05, 0) is 30.7 Å². The summed E-state index contributed by atoms with van der Waals surface area (Å²) in [5, 5.41) is 12.0. The molecule has 0 heterocycles. The SMILES string of the molecule is CC(CN(C)C(=O)NC1CCCC(c2ccccc2)C1)C(=O)O. The van der Waals surface area contributed by atoms with E-state index < -0.39 is 11.9 Å². The Bertz CT molecular complexity index is 532. The average Bonchev–Trinajstić information content (AvgIpc) is 2.55. The number of carbonyl (C=O) groups excluding carboxylic acids is 1. The van der Waals surface area contributed by atoms with Gasteiger partial charge in [-0.15, -0.1) is 0 Å². The molecular formula is C18H26N2O3. The zero-order chi connectivity index (χ0) is 16.8. The topological polar surface area (TPSA) is 69.6 Å². The second-order valence-electron chi connectivity index (χ2n) is 6.54. The predicted octanol–water partition coefficient (Wildman–Crippen LogP) is 3.07. The fourth-order valence-corrected chi connectivity index (χ4v) is 3.21. The Morgan fingerprint density at radius 1 is 1.30 bits per heavy atom. The lowest BCUT2D eigenvalue weighted by molar-refractivity contribution is -0.141. The van der Waals surface area contributed by atoms with Gasteiger partial charge in [0.05, 0.1) is 5.92 Å². The second kappa shape index (κ2) is 7.99. The fraction of sp³-hybridized carbons (Fsp3) is 0.556. The number of hydrogen-bond donors (Lipinski definition) is 2. The molecule has 5 nitrogen and oxygen atoms in total. The molecule has 3 unspecified atom stereocenters. The average molecular weight is 318 g/mol. The molecule has 126 valence electrons. The van der Waals surface area contributed by atoms with Gasteiger partial charge in [0.15, 0.2) is 0 Å². The lowest BCUT2D eigenvalue weighted by Crippen LogP contribution is -2.46. The molecule has 0 radical (unpaired) electrons. The number of carboxylic acids is 1. The van der Waals surface area contributed by atoms with Gasteiger partial charge in [-0.3, -0.25) is 4.79 Å². The molecule has 0 saturated heterocycles. The molecule has 0 bridgehead atoms. The molecule has 1 aromatic carbocycles. The van der Waals surface area contributed by atoms with Crippen LogP contribution in [0.2, 0.25) is 0 Å². The second-order valence-corrected chi connectivity index (χ2v) is 6.54. The zero-order valence-electron chi connectivity index (χ0n) is 13.9. The molecular weight excluding hydrogens is 292 g/mol.